The van der Waals surface area contributed by atoms with E-state index in [1.807, 2.05) is 24.3 Å². The van der Waals surface area contributed by atoms with Crippen LogP contribution in [-0.2, 0) is 4.74 Å². The molecule has 1 saturated heterocycles. The van der Waals surface area contributed by atoms with Gasteiger partial charge < -0.3 is 14.8 Å². The second-order valence-electron chi connectivity index (χ2n) is 4.49. The van der Waals surface area contributed by atoms with E-state index in [0.717, 1.165) is 37.3 Å². The largest absolute Gasteiger partial charge is 0.497 e. The van der Waals surface area contributed by atoms with Crippen LogP contribution in [0.5, 0.6) is 5.75 Å². The molecule has 2 N–H and O–H groups in total. The Kier molecular flexibility index (Phi) is 5.76. The summed E-state index contributed by atoms with van der Waals surface area (Å²) in [7, 11) is 1.64. The predicted molar refractivity (Wildman–Crippen MR) is 83.3 cm³/mol. The smallest absolute Gasteiger partial charge is 0.187 e. The summed E-state index contributed by atoms with van der Waals surface area (Å²) in [6.07, 6.45) is 4.19. The Morgan fingerprint density at radius 3 is 2.95 bits per heavy atom. The van der Waals surface area contributed by atoms with Crippen LogP contribution in [0.4, 0.5) is 0 Å². The lowest BCUT2D eigenvalue weighted by Crippen LogP contribution is -2.37. The first-order chi connectivity index (χ1) is 9.78. The molecule has 1 heterocycles. The fourth-order valence-corrected chi connectivity index (χ4v) is 2.04. The third-order valence-corrected chi connectivity index (χ3v) is 3.25. The van der Waals surface area contributed by atoms with E-state index in [9.17, 15) is 0 Å². The Morgan fingerprint density at radius 2 is 2.30 bits per heavy atom. The van der Waals surface area contributed by atoms with Crippen molar-refractivity contribution in [3.8, 4) is 5.75 Å². The third kappa shape index (κ3) is 4.79. The molecule has 1 atom stereocenters. The van der Waals surface area contributed by atoms with Gasteiger partial charge in [0.2, 0.25) is 0 Å². The normalized spacial score (nSPS) is 18.1. The molecule has 1 aliphatic rings. The fraction of sp³-hybridized carbons (Fsp3) is 0.429. The first-order valence-electron chi connectivity index (χ1n) is 6.60. The number of benzene rings is 1. The number of methoxy groups -OCH3 is 1. The zero-order chi connectivity index (χ0) is 14.2. The second-order valence-corrected chi connectivity index (χ2v) is 4.90. The van der Waals surface area contributed by atoms with Crippen molar-refractivity contribution in [2.75, 3.05) is 20.3 Å². The van der Waals surface area contributed by atoms with Gasteiger partial charge in [-0.1, -0.05) is 0 Å². The minimum absolute atomic E-state index is 0.264. The number of rotatable bonds is 5. The van der Waals surface area contributed by atoms with Crippen LogP contribution in [0.3, 0.4) is 0 Å². The maximum Gasteiger partial charge on any atom is 0.187 e. The van der Waals surface area contributed by atoms with Gasteiger partial charge in [0.15, 0.2) is 5.11 Å². The maximum atomic E-state index is 5.50. The zero-order valence-electron chi connectivity index (χ0n) is 11.5. The number of nitrogens with zero attached hydrogens (tertiary/aromatic N) is 1. The van der Waals surface area contributed by atoms with Crippen LogP contribution in [0.15, 0.2) is 29.4 Å². The molecule has 1 unspecified atom stereocenters. The molecule has 0 radical (unpaired) electrons. The van der Waals surface area contributed by atoms with Crippen molar-refractivity contribution < 1.29 is 9.47 Å². The van der Waals surface area contributed by atoms with E-state index in [-0.39, 0.29) is 6.10 Å². The van der Waals surface area contributed by atoms with Crippen LogP contribution in [0, 0.1) is 0 Å². The monoisotopic (exact) mass is 293 g/mol. The Morgan fingerprint density at radius 1 is 1.50 bits per heavy atom. The number of hydrazone groups is 1. The highest BCUT2D eigenvalue weighted by Gasteiger charge is 2.14. The van der Waals surface area contributed by atoms with E-state index in [0.29, 0.717) is 5.11 Å². The summed E-state index contributed by atoms with van der Waals surface area (Å²) in [5, 5.41) is 7.68. The molecule has 1 aromatic carbocycles. The molecule has 0 bridgehead atoms. The highest BCUT2D eigenvalue weighted by molar-refractivity contribution is 7.80. The summed E-state index contributed by atoms with van der Waals surface area (Å²) in [5.41, 5.74) is 3.76. The van der Waals surface area contributed by atoms with Crippen LogP contribution in [0.1, 0.15) is 18.4 Å². The molecule has 1 aromatic rings. The van der Waals surface area contributed by atoms with Gasteiger partial charge in [0, 0.05) is 13.2 Å². The fourth-order valence-electron chi connectivity index (χ4n) is 1.91. The highest BCUT2D eigenvalue weighted by atomic mass is 32.1. The lowest BCUT2D eigenvalue weighted by molar-refractivity contribution is 0.114. The molecule has 2 rings (SSSR count). The lowest BCUT2D eigenvalue weighted by atomic mass is 10.2. The molecular weight excluding hydrogens is 274 g/mol. The lowest BCUT2D eigenvalue weighted by Gasteiger charge is -2.11. The number of hydrogen-bond donors (Lipinski definition) is 2. The van der Waals surface area contributed by atoms with Gasteiger partial charge in [-0.2, -0.15) is 5.10 Å². The quantitative estimate of drug-likeness (QED) is 0.491. The second kappa shape index (κ2) is 7.81. The number of hydrogen-bond acceptors (Lipinski definition) is 4. The van der Waals surface area contributed by atoms with Crippen molar-refractivity contribution in [1.29, 1.82) is 0 Å². The topological polar surface area (TPSA) is 54.9 Å². The van der Waals surface area contributed by atoms with Crippen molar-refractivity contribution in [2.45, 2.75) is 18.9 Å². The van der Waals surface area contributed by atoms with Crippen molar-refractivity contribution in [2.24, 2.45) is 5.10 Å². The van der Waals surface area contributed by atoms with Crippen LogP contribution in [0.25, 0.3) is 0 Å². The van der Waals surface area contributed by atoms with Crippen molar-refractivity contribution in [1.82, 2.24) is 10.7 Å². The van der Waals surface area contributed by atoms with Crippen LogP contribution >= 0.6 is 12.2 Å². The van der Waals surface area contributed by atoms with Gasteiger partial charge in [0.25, 0.3) is 0 Å². The van der Waals surface area contributed by atoms with Gasteiger partial charge in [-0.05, 0) is 54.9 Å². The molecule has 20 heavy (non-hydrogen) atoms. The Hall–Kier alpha value is -1.66. The average Bonchev–Trinajstić information content (AvgIpc) is 2.99. The number of thiocarbonyl (C=S) groups is 1. The summed E-state index contributed by atoms with van der Waals surface area (Å²) >= 11 is 5.13. The van der Waals surface area contributed by atoms with Gasteiger partial charge in [0.1, 0.15) is 5.75 Å². The average molecular weight is 293 g/mol. The van der Waals surface area contributed by atoms with Gasteiger partial charge in [-0.25, -0.2) is 0 Å². The molecule has 0 aliphatic carbocycles. The van der Waals surface area contributed by atoms with Gasteiger partial charge in [0.05, 0.1) is 19.4 Å². The van der Waals surface area contributed by atoms with E-state index in [1.54, 1.807) is 13.3 Å². The van der Waals surface area contributed by atoms with Gasteiger partial charge in [-0.3, -0.25) is 5.43 Å². The molecule has 0 spiro atoms. The minimum atomic E-state index is 0.264. The molecule has 5 nitrogen and oxygen atoms in total. The van der Waals surface area contributed by atoms with E-state index >= 15 is 0 Å². The standard InChI is InChI=1S/C14H19N3O2S/c1-18-12-6-4-11(5-7-12)9-16-17-14(20)15-10-13-3-2-8-19-13/h4-7,9,13H,2-3,8,10H2,1H3,(H2,15,17,20)/b16-9-. The Labute approximate surface area is 124 Å². The third-order valence-electron chi connectivity index (χ3n) is 3.01. The molecular formula is C14H19N3O2S. The summed E-state index contributed by atoms with van der Waals surface area (Å²) in [6.45, 7) is 1.58. The van der Waals surface area contributed by atoms with Crippen LogP contribution in [0.2, 0.25) is 0 Å². The predicted octanol–water partition coefficient (Wildman–Crippen LogP) is 1.67. The van der Waals surface area contributed by atoms with E-state index < -0.39 is 0 Å². The molecule has 6 heteroatoms. The molecule has 1 fully saturated rings. The van der Waals surface area contributed by atoms with Crippen molar-refractivity contribution >= 4 is 23.5 Å². The molecule has 0 saturated carbocycles. The van der Waals surface area contributed by atoms with Crippen LogP contribution in [-0.4, -0.2) is 37.7 Å². The number of nitrogens with one attached hydrogen (secondary N) is 2. The zero-order valence-corrected chi connectivity index (χ0v) is 12.3. The van der Waals surface area contributed by atoms with E-state index in [4.69, 9.17) is 21.7 Å². The molecule has 1 aliphatic heterocycles. The Bertz CT molecular complexity index is 456. The van der Waals surface area contributed by atoms with Gasteiger partial charge >= 0.3 is 0 Å². The molecule has 0 aromatic heterocycles. The van der Waals surface area contributed by atoms with Crippen molar-refractivity contribution in [3.05, 3.63) is 29.8 Å². The summed E-state index contributed by atoms with van der Waals surface area (Å²) < 4.78 is 10.6. The highest BCUT2D eigenvalue weighted by Crippen LogP contribution is 2.10. The van der Waals surface area contributed by atoms with E-state index in [1.165, 1.54) is 0 Å². The van der Waals surface area contributed by atoms with E-state index in [2.05, 4.69) is 15.8 Å². The summed E-state index contributed by atoms with van der Waals surface area (Å²) in [5.74, 6) is 0.823. The Balaban J connectivity index is 1.69. The molecule has 0 amide bonds. The first kappa shape index (κ1) is 14.7. The van der Waals surface area contributed by atoms with Crippen LogP contribution < -0.4 is 15.5 Å². The maximum absolute atomic E-state index is 5.50. The van der Waals surface area contributed by atoms with Gasteiger partial charge in [-0.15, -0.1) is 0 Å². The summed E-state index contributed by atoms with van der Waals surface area (Å²) in [4.78, 5) is 0. The first-order valence-corrected chi connectivity index (χ1v) is 7.01. The molecule has 108 valence electrons. The number of ether oxygens (including phenoxy) is 2. The van der Waals surface area contributed by atoms with Crippen molar-refractivity contribution in [3.63, 3.8) is 0 Å². The minimum Gasteiger partial charge on any atom is -0.497 e. The SMILES string of the molecule is COc1ccc(/C=N\NC(=S)NCC2CCCO2)cc1. The summed E-state index contributed by atoms with van der Waals surface area (Å²) in [6, 6.07) is 7.62.